The van der Waals surface area contributed by atoms with Gasteiger partial charge in [0.15, 0.2) is 0 Å². The van der Waals surface area contributed by atoms with Crippen molar-refractivity contribution >= 4 is 17.7 Å². The van der Waals surface area contributed by atoms with Crippen molar-refractivity contribution in [2.24, 2.45) is 0 Å². The first-order chi connectivity index (χ1) is 10.1. The number of anilines is 1. The lowest BCUT2D eigenvalue weighted by molar-refractivity contribution is 0.0692. The molecule has 108 valence electrons. The van der Waals surface area contributed by atoms with Crippen molar-refractivity contribution in [2.75, 3.05) is 5.32 Å². The van der Waals surface area contributed by atoms with Gasteiger partial charge in [-0.2, -0.15) is 10.2 Å². The molecule has 8 heteroatoms. The summed E-state index contributed by atoms with van der Waals surface area (Å²) in [4.78, 5) is 22.4. The summed E-state index contributed by atoms with van der Waals surface area (Å²) in [6.45, 7) is 0.159. The summed E-state index contributed by atoms with van der Waals surface area (Å²) in [5, 5.41) is 21.2. The van der Waals surface area contributed by atoms with Gasteiger partial charge in [-0.25, -0.2) is 14.0 Å². The summed E-state index contributed by atoms with van der Waals surface area (Å²) in [6, 6.07) is 6.09. The van der Waals surface area contributed by atoms with E-state index >= 15 is 0 Å². The third-order valence-corrected chi connectivity index (χ3v) is 2.51. The van der Waals surface area contributed by atoms with Gasteiger partial charge in [-0.15, -0.1) is 0 Å². The SMILES string of the molecule is O=C(NCc1cccnn1)Nc1ccc(F)c(C(=O)O)c1. The van der Waals surface area contributed by atoms with Crippen LogP contribution in [-0.2, 0) is 6.54 Å². The van der Waals surface area contributed by atoms with Gasteiger partial charge >= 0.3 is 12.0 Å². The van der Waals surface area contributed by atoms with Crippen LogP contribution in [0.15, 0.2) is 36.5 Å². The highest BCUT2D eigenvalue weighted by atomic mass is 19.1. The number of carbonyl (C=O) groups excluding carboxylic acids is 1. The molecule has 0 fully saturated rings. The van der Waals surface area contributed by atoms with E-state index in [1.165, 1.54) is 12.3 Å². The monoisotopic (exact) mass is 290 g/mol. The summed E-state index contributed by atoms with van der Waals surface area (Å²) in [6.07, 6.45) is 1.51. The van der Waals surface area contributed by atoms with Crippen molar-refractivity contribution in [3.63, 3.8) is 0 Å². The molecule has 1 aromatic heterocycles. The summed E-state index contributed by atoms with van der Waals surface area (Å²) in [5.41, 5.74) is 0.227. The number of carboxylic acids is 1. The lowest BCUT2D eigenvalue weighted by Crippen LogP contribution is -2.28. The van der Waals surface area contributed by atoms with Gasteiger partial charge in [0.05, 0.1) is 17.8 Å². The lowest BCUT2D eigenvalue weighted by atomic mass is 10.2. The van der Waals surface area contributed by atoms with Crippen molar-refractivity contribution < 1.29 is 19.1 Å². The minimum Gasteiger partial charge on any atom is -0.478 e. The van der Waals surface area contributed by atoms with Gasteiger partial charge in [0.2, 0.25) is 0 Å². The van der Waals surface area contributed by atoms with Gasteiger partial charge in [0, 0.05) is 11.9 Å². The predicted molar refractivity (Wildman–Crippen MR) is 71.2 cm³/mol. The molecule has 2 aromatic rings. The van der Waals surface area contributed by atoms with Crippen LogP contribution in [0.2, 0.25) is 0 Å². The first-order valence-corrected chi connectivity index (χ1v) is 5.90. The fourth-order valence-electron chi connectivity index (χ4n) is 1.54. The van der Waals surface area contributed by atoms with Crippen molar-refractivity contribution in [1.82, 2.24) is 15.5 Å². The van der Waals surface area contributed by atoms with Crippen LogP contribution in [0.5, 0.6) is 0 Å². The second-order valence-corrected chi connectivity index (χ2v) is 4.02. The number of urea groups is 1. The minimum absolute atomic E-state index is 0.159. The standard InChI is InChI=1S/C13H11FN4O3/c14-11-4-3-8(6-10(11)12(19)20)17-13(21)15-7-9-2-1-5-16-18-9/h1-6H,7H2,(H,19,20)(H2,15,17,21). The molecule has 2 rings (SSSR count). The van der Waals surface area contributed by atoms with Gasteiger partial charge in [0.25, 0.3) is 0 Å². The van der Waals surface area contributed by atoms with Crippen LogP contribution < -0.4 is 10.6 Å². The summed E-state index contributed by atoms with van der Waals surface area (Å²) in [7, 11) is 0. The number of aromatic carboxylic acids is 1. The number of amides is 2. The average Bonchev–Trinajstić information content (AvgIpc) is 2.48. The van der Waals surface area contributed by atoms with E-state index in [2.05, 4.69) is 20.8 Å². The number of nitrogens with one attached hydrogen (secondary N) is 2. The van der Waals surface area contributed by atoms with Crippen LogP contribution in [0.4, 0.5) is 14.9 Å². The Morgan fingerprint density at radius 2 is 2.10 bits per heavy atom. The van der Waals surface area contributed by atoms with E-state index in [4.69, 9.17) is 5.11 Å². The fourth-order valence-corrected chi connectivity index (χ4v) is 1.54. The van der Waals surface area contributed by atoms with Crippen molar-refractivity contribution in [1.29, 1.82) is 0 Å². The quantitative estimate of drug-likeness (QED) is 0.794. The van der Waals surface area contributed by atoms with Gasteiger partial charge in [-0.3, -0.25) is 0 Å². The fraction of sp³-hybridized carbons (Fsp3) is 0.0769. The maximum atomic E-state index is 13.2. The molecule has 0 aliphatic rings. The number of nitrogens with zero attached hydrogens (tertiary/aromatic N) is 2. The first kappa shape index (κ1) is 14.4. The average molecular weight is 290 g/mol. The second kappa shape index (κ2) is 6.42. The Hall–Kier alpha value is -3.03. The third-order valence-electron chi connectivity index (χ3n) is 2.51. The van der Waals surface area contributed by atoms with Crippen LogP contribution >= 0.6 is 0 Å². The summed E-state index contributed by atoms with van der Waals surface area (Å²) < 4.78 is 13.2. The number of aromatic nitrogens is 2. The van der Waals surface area contributed by atoms with E-state index in [9.17, 15) is 14.0 Å². The molecule has 0 aliphatic heterocycles. The van der Waals surface area contributed by atoms with E-state index in [-0.39, 0.29) is 12.2 Å². The molecule has 1 aromatic carbocycles. The zero-order chi connectivity index (χ0) is 15.2. The maximum Gasteiger partial charge on any atom is 0.338 e. The highest BCUT2D eigenvalue weighted by molar-refractivity contribution is 5.93. The Labute approximate surface area is 118 Å². The number of carbonyl (C=O) groups is 2. The third kappa shape index (κ3) is 3.96. The molecule has 0 spiro atoms. The van der Waals surface area contributed by atoms with Gasteiger partial charge < -0.3 is 15.7 Å². The molecular weight excluding hydrogens is 279 g/mol. The molecule has 0 radical (unpaired) electrons. The Morgan fingerprint density at radius 1 is 1.29 bits per heavy atom. The van der Waals surface area contributed by atoms with Gasteiger partial charge in [-0.05, 0) is 30.3 Å². The minimum atomic E-state index is -1.41. The summed E-state index contributed by atoms with van der Waals surface area (Å²) in [5.74, 6) is -2.27. The molecule has 0 saturated carbocycles. The number of rotatable bonds is 4. The molecule has 3 N–H and O–H groups in total. The molecular formula is C13H11FN4O3. The topological polar surface area (TPSA) is 104 Å². The predicted octanol–water partition coefficient (Wildman–Crippen LogP) is 1.64. The molecule has 0 aliphatic carbocycles. The van der Waals surface area contributed by atoms with Crippen LogP contribution in [0, 0.1) is 5.82 Å². The van der Waals surface area contributed by atoms with E-state index in [0.717, 1.165) is 12.1 Å². The molecule has 7 nitrogen and oxygen atoms in total. The number of carboxylic acid groups (broad SMARTS) is 1. The smallest absolute Gasteiger partial charge is 0.338 e. The zero-order valence-corrected chi connectivity index (χ0v) is 10.7. The Bertz CT molecular complexity index is 664. The van der Waals surface area contributed by atoms with E-state index < -0.39 is 23.4 Å². The highest BCUT2D eigenvalue weighted by Crippen LogP contribution is 2.14. The van der Waals surface area contributed by atoms with E-state index in [1.807, 2.05) is 0 Å². The molecule has 0 bridgehead atoms. The first-order valence-electron chi connectivity index (χ1n) is 5.90. The molecule has 21 heavy (non-hydrogen) atoms. The lowest BCUT2D eigenvalue weighted by Gasteiger charge is -2.08. The van der Waals surface area contributed by atoms with Crippen molar-refractivity contribution in [3.8, 4) is 0 Å². The second-order valence-electron chi connectivity index (χ2n) is 4.02. The molecule has 0 atom stereocenters. The largest absolute Gasteiger partial charge is 0.478 e. The van der Waals surface area contributed by atoms with Crippen LogP contribution in [-0.4, -0.2) is 27.3 Å². The van der Waals surface area contributed by atoms with E-state index in [1.54, 1.807) is 12.1 Å². The molecule has 0 saturated heterocycles. The Morgan fingerprint density at radius 3 is 2.76 bits per heavy atom. The van der Waals surface area contributed by atoms with E-state index in [0.29, 0.717) is 5.69 Å². The number of benzene rings is 1. The number of hydrogen-bond acceptors (Lipinski definition) is 4. The molecule has 1 heterocycles. The van der Waals surface area contributed by atoms with Crippen molar-refractivity contribution in [2.45, 2.75) is 6.54 Å². The highest BCUT2D eigenvalue weighted by Gasteiger charge is 2.12. The van der Waals surface area contributed by atoms with Crippen molar-refractivity contribution in [3.05, 3.63) is 53.6 Å². The van der Waals surface area contributed by atoms with Crippen LogP contribution in [0.1, 0.15) is 16.1 Å². The zero-order valence-electron chi connectivity index (χ0n) is 10.7. The molecule has 2 amide bonds. The number of hydrogen-bond donors (Lipinski definition) is 3. The normalized spacial score (nSPS) is 9.95. The Kier molecular flexibility index (Phi) is 4.39. The maximum absolute atomic E-state index is 13.2. The van der Waals surface area contributed by atoms with Gasteiger partial charge in [-0.1, -0.05) is 0 Å². The molecule has 0 unspecified atom stereocenters. The summed E-state index contributed by atoms with van der Waals surface area (Å²) >= 11 is 0. The van der Waals surface area contributed by atoms with Crippen LogP contribution in [0.25, 0.3) is 0 Å². The Balaban J connectivity index is 1.97. The van der Waals surface area contributed by atoms with Crippen LogP contribution in [0.3, 0.4) is 0 Å². The van der Waals surface area contributed by atoms with Gasteiger partial charge in [0.1, 0.15) is 5.82 Å². The number of halogens is 1.